The molecule has 0 aliphatic heterocycles. The van der Waals surface area contributed by atoms with E-state index in [1.807, 2.05) is 0 Å². The van der Waals surface area contributed by atoms with Gasteiger partial charge in [-0.15, -0.1) is 0 Å². The Kier molecular flexibility index (Phi) is 7.54. The van der Waals surface area contributed by atoms with Gasteiger partial charge in [0, 0.05) is 0 Å². The molecule has 0 saturated carbocycles. The predicted molar refractivity (Wildman–Crippen MR) is 102 cm³/mol. The maximum absolute atomic E-state index is 12.6. The van der Waals surface area contributed by atoms with Crippen LogP contribution in [-0.4, -0.2) is 19.1 Å². The van der Waals surface area contributed by atoms with Gasteiger partial charge < -0.3 is 0 Å². The summed E-state index contributed by atoms with van der Waals surface area (Å²) in [4.78, 5) is 7.82. The maximum atomic E-state index is 12.6. The monoisotopic (exact) mass is 472 g/mol. The van der Waals surface area contributed by atoms with Crippen LogP contribution in [0.4, 0.5) is 13.2 Å². The lowest BCUT2D eigenvalue weighted by atomic mass is 10.1. The first-order valence-corrected chi connectivity index (χ1v) is 8.54. The third-order valence-corrected chi connectivity index (χ3v) is 4.05. The van der Waals surface area contributed by atoms with Gasteiger partial charge in [0.05, 0.1) is 17.0 Å². The van der Waals surface area contributed by atoms with Gasteiger partial charge in [-0.25, -0.2) is 9.98 Å². The Labute approximate surface area is 172 Å². The summed E-state index contributed by atoms with van der Waals surface area (Å²) in [5.74, 6) is -0.355. The summed E-state index contributed by atoms with van der Waals surface area (Å²) in [6.07, 6.45) is -4.46. The minimum absolute atomic E-state index is 0.0101. The smallest absolute Gasteiger partial charge is 0.234 e. The molecule has 0 atom stereocenters. The summed E-state index contributed by atoms with van der Waals surface area (Å²) in [7, 11) is 0. The van der Waals surface area contributed by atoms with Gasteiger partial charge >= 0.3 is 6.18 Å². The first kappa shape index (κ1) is 22.9. The van der Waals surface area contributed by atoms with E-state index in [2.05, 4.69) is 16.6 Å². The van der Waals surface area contributed by atoms with Crippen molar-refractivity contribution in [3.05, 3.63) is 42.0 Å². The van der Waals surface area contributed by atoms with Crippen LogP contribution >= 0.6 is 69.6 Å². The van der Waals surface area contributed by atoms with E-state index in [9.17, 15) is 13.2 Å². The van der Waals surface area contributed by atoms with Crippen molar-refractivity contribution in [3.8, 4) is 0 Å². The van der Waals surface area contributed by atoms with E-state index in [0.29, 0.717) is 0 Å². The molecule has 0 aromatic heterocycles. The summed E-state index contributed by atoms with van der Waals surface area (Å²) >= 11 is 34.4. The van der Waals surface area contributed by atoms with Crippen LogP contribution in [0.2, 0.25) is 0 Å². The number of nitrogens with zero attached hydrogens (tertiary/aromatic N) is 2. The maximum Gasteiger partial charge on any atom is 0.416 e. The van der Waals surface area contributed by atoms with Gasteiger partial charge in [0.2, 0.25) is 7.59 Å². The van der Waals surface area contributed by atoms with Crippen molar-refractivity contribution >= 4 is 86.8 Å². The molecule has 0 heterocycles. The first-order chi connectivity index (χ1) is 11.1. The van der Waals surface area contributed by atoms with Crippen molar-refractivity contribution < 1.29 is 13.2 Å². The highest BCUT2D eigenvalue weighted by Gasteiger charge is 2.32. The number of hydrogen-bond donors (Lipinski definition) is 0. The van der Waals surface area contributed by atoms with Crippen molar-refractivity contribution in [1.29, 1.82) is 0 Å². The third kappa shape index (κ3) is 7.16. The second-order valence-corrected chi connectivity index (χ2v) is 9.21. The van der Waals surface area contributed by atoms with E-state index >= 15 is 0 Å². The van der Waals surface area contributed by atoms with Gasteiger partial charge in [0.1, 0.15) is 0 Å². The third-order valence-electron chi connectivity index (χ3n) is 2.72. The second kappa shape index (κ2) is 8.24. The molecule has 0 radical (unpaired) electrons. The normalized spacial score (nSPS) is 14.6. The molecule has 11 heteroatoms. The van der Waals surface area contributed by atoms with Crippen molar-refractivity contribution in [2.24, 2.45) is 9.98 Å². The van der Waals surface area contributed by atoms with E-state index in [4.69, 9.17) is 69.6 Å². The number of hydrogen-bond acceptors (Lipinski definition) is 1. The molecular formula is C14H9Cl6F3N2. The molecule has 1 aromatic rings. The number of alkyl halides is 9. The summed E-state index contributed by atoms with van der Waals surface area (Å²) in [5.41, 5.74) is -0.570. The average molecular weight is 475 g/mol. The van der Waals surface area contributed by atoms with Crippen molar-refractivity contribution in [2.45, 2.75) is 20.7 Å². The minimum atomic E-state index is -4.46. The highest BCUT2D eigenvalue weighted by molar-refractivity contribution is 6.79. The van der Waals surface area contributed by atoms with E-state index < -0.39 is 19.3 Å². The Bertz CT molecular complexity index is 697. The lowest BCUT2D eigenvalue weighted by Crippen LogP contribution is -2.23. The fourth-order valence-electron chi connectivity index (χ4n) is 1.42. The van der Waals surface area contributed by atoms with E-state index in [1.54, 1.807) is 0 Å². The molecule has 0 amide bonds. The Morgan fingerprint density at radius 1 is 0.880 bits per heavy atom. The van der Waals surface area contributed by atoms with Crippen LogP contribution in [0.3, 0.4) is 0 Å². The molecule has 0 spiro atoms. The molecule has 0 bridgehead atoms. The summed E-state index contributed by atoms with van der Waals surface area (Å²) in [6.45, 7) is 5.00. The van der Waals surface area contributed by atoms with Gasteiger partial charge in [-0.3, -0.25) is 0 Å². The summed E-state index contributed by atoms with van der Waals surface area (Å²) in [5, 5.41) is 0. The Balaban J connectivity index is 3.24. The van der Waals surface area contributed by atoms with Crippen molar-refractivity contribution in [3.63, 3.8) is 0 Å². The van der Waals surface area contributed by atoms with Crippen LogP contribution in [0, 0.1) is 0 Å². The van der Waals surface area contributed by atoms with Gasteiger partial charge in [0.25, 0.3) is 0 Å². The zero-order valence-electron chi connectivity index (χ0n) is 12.3. The Morgan fingerprint density at radius 3 is 1.72 bits per heavy atom. The minimum Gasteiger partial charge on any atom is -0.234 e. The van der Waals surface area contributed by atoms with Crippen LogP contribution in [0.25, 0.3) is 5.70 Å². The van der Waals surface area contributed by atoms with Crippen LogP contribution in [0.1, 0.15) is 18.1 Å². The Hall–Kier alpha value is -0.170. The zero-order chi connectivity index (χ0) is 19.6. The number of aliphatic imine (C=N–C) groups is 2. The van der Waals surface area contributed by atoms with Crippen molar-refractivity contribution in [1.82, 2.24) is 0 Å². The largest absolute Gasteiger partial charge is 0.416 e. The van der Waals surface area contributed by atoms with Crippen LogP contribution < -0.4 is 0 Å². The lowest BCUT2D eigenvalue weighted by molar-refractivity contribution is -0.137. The number of benzene rings is 1. The molecule has 0 fully saturated rings. The summed E-state index contributed by atoms with van der Waals surface area (Å²) in [6, 6.07) is 4.11. The summed E-state index contributed by atoms with van der Waals surface area (Å²) < 4.78 is 33.8. The molecule has 1 rings (SSSR count). The second-order valence-electron chi connectivity index (χ2n) is 4.65. The van der Waals surface area contributed by atoms with Gasteiger partial charge in [-0.1, -0.05) is 88.3 Å². The number of halogens is 9. The molecule has 1 aromatic carbocycles. The number of rotatable bonds is 2. The molecular weight excluding hydrogens is 466 g/mol. The number of amidine groups is 1. The molecule has 0 unspecified atom stereocenters. The highest BCUT2D eigenvalue weighted by Crippen LogP contribution is 2.34. The molecule has 0 saturated heterocycles. The predicted octanol–water partition coefficient (Wildman–Crippen LogP) is 7.28. The van der Waals surface area contributed by atoms with Gasteiger partial charge in [-0.05, 0) is 24.6 Å². The lowest BCUT2D eigenvalue weighted by Gasteiger charge is -2.15. The fraction of sp³-hybridized carbons (Fsp3) is 0.286. The van der Waals surface area contributed by atoms with E-state index in [0.717, 1.165) is 12.1 Å². The standard InChI is InChI=1S/C14H9Cl6F3N2/c1-7(9-3-5-10(6-4-9)14(21,22)23)24-11(13(18,19)20)25-8(2)12(15,16)17/h3-6H,1H2,2H3/b24-11-,25-8+. The Morgan fingerprint density at radius 2 is 1.36 bits per heavy atom. The highest BCUT2D eigenvalue weighted by atomic mass is 35.6. The fourth-order valence-corrected chi connectivity index (χ4v) is 1.80. The molecule has 138 valence electrons. The van der Waals surface area contributed by atoms with Gasteiger partial charge in [0.15, 0.2) is 5.84 Å². The van der Waals surface area contributed by atoms with E-state index in [1.165, 1.54) is 19.1 Å². The molecule has 0 aliphatic carbocycles. The van der Waals surface area contributed by atoms with Gasteiger partial charge in [-0.2, -0.15) is 13.2 Å². The first-order valence-electron chi connectivity index (χ1n) is 6.27. The molecule has 25 heavy (non-hydrogen) atoms. The van der Waals surface area contributed by atoms with Crippen LogP contribution in [0.15, 0.2) is 40.8 Å². The van der Waals surface area contributed by atoms with Crippen LogP contribution in [-0.2, 0) is 6.18 Å². The molecule has 0 aliphatic rings. The van der Waals surface area contributed by atoms with Crippen LogP contribution in [0.5, 0.6) is 0 Å². The van der Waals surface area contributed by atoms with Crippen molar-refractivity contribution in [2.75, 3.05) is 0 Å². The average Bonchev–Trinajstić information content (AvgIpc) is 2.43. The molecule has 0 N–H and O–H groups in total. The topological polar surface area (TPSA) is 24.7 Å². The molecule has 2 nitrogen and oxygen atoms in total. The van der Waals surface area contributed by atoms with E-state index in [-0.39, 0.29) is 22.8 Å². The SMILES string of the molecule is C=C(/N=C(\N=C(/C)C(Cl)(Cl)Cl)C(Cl)(Cl)Cl)c1ccc(C(F)(F)F)cc1. The quantitative estimate of drug-likeness (QED) is 0.244. The zero-order valence-corrected chi connectivity index (χ0v) is 16.8.